The van der Waals surface area contributed by atoms with Crippen molar-refractivity contribution in [1.82, 2.24) is 4.98 Å². The van der Waals surface area contributed by atoms with E-state index < -0.39 is 20.0 Å². The van der Waals surface area contributed by atoms with Gasteiger partial charge in [-0.1, -0.05) is 0 Å². The van der Waals surface area contributed by atoms with Crippen LogP contribution in [0.5, 0.6) is 5.88 Å². The second-order valence-corrected chi connectivity index (χ2v) is 5.18. The van der Waals surface area contributed by atoms with Crippen molar-refractivity contribution in [2.24, 2.45) is 0 Å². The van der Waals surface area contributed by atoms with Gasteiger partial charge in [-0.3, -0.25) is 0 Å². The van der Waals surface area contributed by atoms with Crippen molar-refractivity contribution in [3.05, 3.63) is 17.7 Å². The Hall–Kier alpha value is -1.34. The molecule has 0 unspecified atom stereocenters. The Morgan fingerprint density at radius 2 is 2.00 bits per heavy atom. The van der Waals surface area contributed by atoms with Crippen LogP contribution in [0.3, 0.4) is 0 Å². The summed E-state index contributed by atoms with van der Waals surface area (Å²) in [4.78, 5) is 14.8. The predicted octanol–water partition coefficient (Wildman–Crippen LogP) is 0.804. The van der Waals surface area contributed by atoms with Crippen molar-refractivity contribution in [2.75, 3.05) is 14.2 Å². The summed E-state index contributed by atoms with van der Waals surface area (Å²) in [6.45, 7) is 0. The fraction of sp³-hybridized carbons (Fsp3) is 0.250. The smallest absolute Gasteiger partial charge is 0.338 e. The SMILES string of the molecule is COC(=O)c1cc(OC)nc(S(=O)(=O)Cl)c1. The summed E-state index contributed by atoms with van der Waals surface area (Å²) in [6.07, 6.45) is 0. The minimum Gasteiger partial charge on any atom is -0.481 e. The third-order valence-electron chi connectivity index (χ3n) is 1.66. The summed E-state index contributed by atoms with van der Waals surface area (Å²) in [5, 5.41) is -0.464. The standard InChI is InChI=1S/C8H8ClNO5S/c1-14-6-3-5(8(11)15-2)4-7(10-6)16(9,12)13/h3-4H,1-2H3. The molecule has 0 radical (unpaired) electrons. The van der Waals surface area contributed by atoms with E-state index in [-0.39, 0.29) is 11.4 Å². The first kappa shape index (κ1) is 12.7. The predicted molar refractivity (Wildman–Crippen MR) is 55.2 cm³/mol. The van der Waals surface area contributed by atoms with Gasteiger partial charge in [0.05, 0.1) is 19.8 Å². The van der Waals surface area contributed by atoms with E-state index in [2.05, 4.69) is 9.72 Å². The minimum absolute atomic E-state index is 0.00595. The van der Waals surface area contributed by atoms with E-state index in [1.165, 1.54) is 20.3 Å². The van der Waals surface area contributed by atoms with Crippen LogP contribution in [0.1, 0.15) is 10.4 Å². The Labute approximate surface area is 96.6 Å². The average Bonchev–Trinajstić information content (AvgIpc) is 2.26. The first-order valence-corrected chi connectivity index (χ1v) is 6.28. The van der Waals surface area contributed by atoms with Crippen molar-refractivity contribution >= 4 is 25.7 Å². The number of esters is 1. The molecule has 1 rings (SSSR count). The monoisotopic (exact) mass is 265 g/mol. The van der Waals surface area contributed by atoms with E-state index in [1.54, 1.807) is 0 Å². The van der Waals surface area contributed by atoms with Gasteiger partial charge in [-0.25, -0.2) is 18.2 Å². The number of rotatable bonds is 3. The lowest BCUT2D eigenvalue weighted by Gasteiger charge is -2.04. The highest BCUT2D eigenvalue weighted by Gasteiger charge is 2.18. The molecule has 0 aliphatic heterocycles. The molecule has 0 aromatic carbocycles. The third kappa shape index (κ3) is 2.83. The van der Waals surface area contributed by atoms with Gasteiger partial charge in [0.1, 0.15) is 0 Å². The number of nitrogens with zero attached hydrogens (tertiary/aromatic N) is 1. The Balaban J connectivity index is 3.38. The molecule has 1 aromatic rings. The molecular formula is C8H8ClNO5S. The summed E-state index contributed by atoms with van der Waals surface area (Å²) in [5.74, 6) is -0.746. The normalized spacial score (nSPS) is 10.9. The van der Waals surface area contributed by atoms with Crippen LogP contribution in [0.25, 0.3) is 0 Å². The van der Waals surface area contributed by atoms with Crippen LogP contribution in [0, 0.1) is 0 Å². The van der Waals surface area contributed by atoms with Crippen molar-refractivity contribution in [3.8, 4) is 5.88 Å². The number of hydrogen-bond donors (Lipinski definition) is 0. The van der Waals surface area contributed by atoms with Crippen LogP contribution < -0.4 is 4.74 Å². The van der Waals surface area contributed by atoms with Crippen molar-refractivity contribution < 1.29 is 22.7 Å². The molecule has 88 valence electrons. The van der Waals surface area contributed by atoms with Crippen LogP contribution in [0.2, 0.25) is 0 Å². The highest BCUT2D eigenvalue weighted by Crippen LogP contribution is 2.19. The zero-order valence-electron chi connectivity index (χ0n) is 8.43. The molecule has 0 aliphatic carbocycles. The number of hydrogen-bond acceptors (Lipinski definition) is 6. The van der Waals surface area contributed by atoms with Crippen LogP contribution in [-0.4, -0.2) is 33.6 Å². The summed E-state index contributed by atoms with van der Waals surface area (Å²) in [5.41, 5.74) is -0.00595. The number of aromatic nitrogens is 1. The molecular weight excluding hydrogens is 258 g/mol. The Morgan fingerprint density at radius 1 is 1.38 bits per heavy atom. The second-order valence-electron chi connectivity index (χ2n) is 2.67. The van der Waals surface area contributed by atoms with Crippen LogP contribution in [0.15, 0.2) is 17.2 Å². The molecule has 1 aromatic heterocycles. The van der Waals surface area contributed by atoms with Gasteiger partial charge in [0.15, 0.2) is 5.03 Å². The van der Waals surface area contributed by atoms with Gasteiger partial charge < -0.3 is 9.47 Å². The van der Waals surface area contributed by atoms with Crippen LogP contribution in [0.4, 0.5) is 0 Å². The molecule has 16 heavy (non-hydrogen) atoms. The average molecular weight is 266 g/mol. The maximum atomic E-state index is 11.2. The first-order valence-electron chi connectivity index (χ1n) is 3.97. The quantitative estimate of drug-likeness (QED) is 0.594. The molecule has 0 spiro atoms. The number of halogens is 1. The summed E-state index contributed by atoms with van der Waals surface area (Å²) >= 11 is 0. The number of methoxy groups -OCH3 is 2. The van der Waals surface area contributed by atoms with Crippen LogP contribution in [-0.2, 0) is 13.8 Å². The van der Waals surface area contributed by atoms with Crippen molar-refractivity contribution in [2.45, 2.75) is 5.03 Å². The molecule has 0 aliphatic rings. The Morgan fingerprint density at radius 3 is 2.44 bits per heavy atom. The fourth-order valence-electron chi connectivity index (χ4n) is 0.946. The molecule has 0 fully saturated rings. The van der Waals surface area contributed by atoms with E-state index in [0.29, 0.717) is 0 Å². The zero-order chi connectivity index (χ0) is 12.3. The van der Waals surface area contributed by atoms with Gasteiger partial charge in [0.25, 0.3) is 9.05 Å². The van der Waals surface area contributed by atoms with Crippen molar-refractivity contribution in [1.29, 1.82) is 0 Å². The third-order valence-corrected chi connectivity index (χ3v) is 2.84. The molecule has 0 saturated heterocycles. The maximum Gasteiger partial charge on any atom is 0.338 e. The van der Waals surface area contributed by atoms with Crippen LogP contribution >= 0.6 is 10.7 Å². The lowest BCUT2D eigenvalue weighted by Crippen LogP contribution is -2.06. The molecule has 0 N–H and O–H groups in total. The van der Waals surface area contributed by atoms with E-state index in [4.69, 9.17) is 15.4 Å². The summed E-state index contributed by atoms with van der Waals surface area (Å²) in [7, 11) is 3.54. The molecule has 0 bridgehead atoms. The second kappa shape index (κ2) is 4.67. The molecule has 8 heteroatoms. The summed E-state index contributed by atoms with van der Waals surface area (Å²) in [6, 6.07) is 2.26. The van der Waals surface area contributed by atoms with Gasteiger partial charge in [0, 0.05) is 16.7 Å². The van der Waals surface area contributed by atoms with E-state index in [9.17, 15) is 13.2 Å². The first-order chi connectivity index (χ1) is 7.38. The van der Waals surface area contributed by atoms with Gasteiger partial charge in [-0.15, -0.1) is 0 Å². The van der Waals surface area contributed by atoms with E-state index >= 15 is 0 Å². The number of carbonyl (C=O) groups is 1. The van der Waals surface area contributed by atoms with Crippen molar-refractivity contribution in [3.63, 3.8) is 0 Å². The van der Waals surface area contributed by atoms with E-state index in [1.807, 2.05) is 0 Å². The number of ether oxygens (including phenoxy) is 2. The minimum atomic E-state index is -4.03. The lowest BCUT2D eigenvalue weighted by atomic mass is 10.3. The van der Waals surface area contributed by atoms with Gasteiger partial charge in [-0.05, 0) is 6.07 Å². The summed E-state index contributed by atoms with van der Waals surface area (Å²) < 4.78 is 31.3. The molecule has 0 atom stereocenters. The zero-order valence-corrected chi connectivity index (χ0v) is 10.0. The molecule has 6 nitrogen and oxygen atoms in total. The lowest BCUT2D eigenvalue weighted by molar-refractivity contribution is 0.0599. The van der Waals surface area contributed by atoms with Gasteiger partial charge in [-0.2, -0.15) is 0 Å². The molecule has 0 saturated carbocycles. The molecule has 1 heterocycles. The maximum absolute atomic E-state index is 11.2. The fourth-order valence-corrected chi connectivity index (χ4v) is 1.65. The topological polar surface area (TPSA) is 82.6 Å². The number of pyridine rings is 1. The van der Waals surface area contributed by atoms with Gasteiger partial charge in [0.2, 0.25) is 5.88 Å². The largest absolute Gasteiger partial charge is 0.481 e. The Kier molecular flexibility index (Phi) is 3.71. The highest BCUT2D eigenvalue weighted by atomic mass is 35.7. The van der Waals surface area contributed by atoms with E-state index in [0.717, 1.165) is 6.07 Å². The Bertz CT molecular complexity index is 513. The van der Waals surface area contributed by atoms with Gasteiger partial charge >= 0.3 is 5.97 Å². The molecule has 0 amide bonds. The number of carbonyl (C=O) groups excluding carboxylic acids is 1. The highest BCUT2D eigenvalue weighted by molar-refractivity contribution is 8.13.